The van der Waals surface area contributed by atoms with Crippen LogP contribution in [0.25, 0.3) is 0 Å². The Kier molecular flexibility index (Phi) is 31.0. The van der Waals surface area contributed by atoms with Crippen LogP contribution in [0.4, 0.5) is 0 Å². The van der Waals surface area contributed by atoms with Crippen molar-refractivity contribution in [1.29, 1.82) is 0 Å². The van der Waals surface area contributed by atoms with Gasteiger partial charge in [-0.1, -0.05) is 142 Å². The molecule has 0 spiro atoms. The zero-order valence-corrected chi connectivity index (χ0v) is 32.1. The van der Waals surface area contributed by atoms with Crippen LogP contribution in [0.2, 0.25) is 0 Å². The van der Waals surface area contributed by atoms with Crippen molar-refractivity contribution in [2.45, 2.75) is 187 Å². The average molecular weight is 708 g/mol. The van der Waals surface area contributed by atoms with E-state index in [4.69, 9.17) is 18.9 Å². The standard InChI is InChI=1S/C41H73NO8/c1-3-5-7-9-11-13-15-17-19-21-23-27-40(45)49-36-37(50-41(46)28-24-22-20-18-16-14-12-10-8-6-4-2)35-48-34-33-47-32-26-25-31-42-38(43)29-30-39(42)44/h29-30,37H,3-28,31-36H2,1-2H3. The van der Waals surface area contributed by atoms with Crippen molar-refractivity contribution in [1.82, 2.24) is 4.90 Å². The van der Waals surface area contributed by atoms with Gasteiger partial charge >= 0.3 is 11.9 Å². The second-order valence-electron chi connectivity index (χ2n) is 13.9. The molecule has 0 fully saturated rings. The summed E-state index contributed by atoms with van der Waals surface area (Å²) >= 11 is 0. The average Bonchev–Trinajstić information content (AvgIpc) is 3.43. The highest BCUT2D eigenvalue weighted by Crippen LogP contribution is 2.14. The SMILES string of the molecule is CCCCCCCCCCCCCC(=O)OCC(COCCOCCCCN1C(=O)C=CC1=O)OC(=O)CCCCCCCCCCCCC. The van der Waals surface area contributed by atoms with E-state index in [0.717, 1.165) is 38.5 Å². The van der Waals surface area contributed by atoms with Gasteiger partial charge in [-0.2, -0.15) is 0 Å². The summed E-state index contributed by atoms with van der Waals surface area (Å²) in [5.74, 6) is -1.07. The lowest BCUT2D eigenvalue weighted by molar-refractivity contribution is -0.163. The van der Waals surface area contributed by atoms with Crippen molar-refractivity contribution in [2.24, 2.45) is 0 Å². The molecule has 290 valence electrons. The normalized spacial score (nSPS) is 13.4. The van der Waals surface area contributed by atoms with Gasteiger partial charge in [0.2, 0.25) is 0 Å². The van der Waals surface area contributed by atoms with E-state index in [2.05, 4.69) is 13.8 Å². The highest BCUT2D eigenvalue weighted by Gasteiger charge is 2.22. The first-order valence-electron chi connectivity index (χ1n) is 20.5. The number of carbonyl (C=O) groups excluding carboxylic acids is 4. The second kappa shape index (κ2) is 33.9. The monoisotopic (exact) mass is 708 g/mol. The molecule has 0 aromatic carbocycles. The summed E-state index contributed by atoms with van der Waals surface area (Å²) in [6, 6.07) is 0. The fourth-order valence-corrected chi connectivity index (χ4v) is 6.05. The molecular formula is C41H73NO8. The smallest absolute Gasteiger partial charge is 0.306 e. The van der Waals surface area contributed by atoms with Crippen molar-refractivity contribution in [3.05, 3.63) is 12.2 Å². The molecule has 1 aliphatic heterocycles. The third-order valence-electron chi connectivity index (χ3n) is 9.19. The number of amides is 2. The van der Waals surface area contributed by atoms with Crippen LogP contribution in [-0.4, -0.2) is 74.3 Å². The Balaban J connectivity index is 2.24. The fourth-order valence-electron chi connectivity index (χ4n) is 6.05. The van der Waals surface area contributed by atoms with E-state index in [1.165, 1.54) is 120 Å². The molecule has 0 N–H and O–H groups in total. The fraction of sp³-hybridized carbons (Fsp3) is 0.854. The molecule has 50 heavy (non-hydrogen) atoms. The highest BCUT2D eigenvalue weighted by atomic mass is 16.6. The van der Waals surface area contributed by atoms with Gasteiger partial charge in [0.1, 0.15) is 6.61 Å². The van der Waals surface area contributed by atoms with Gasteiger partial charge in [-0.15, -0.1) is 0 Å². The molecule has 1 rings (SSSR count). The van der Waals surface area contributed by atoms with Crippen LogP contribution in [0.15, 0.2) is 12.2 Å². The molecule has 9 nitrogen and oxygen atoms in total. The Labute approximate surface area is 305 Å². The number of nitrogens with zero attached hydrogens (tertiary/aromatic N) is 1. The highest BCUT2D eigenvalue weighted by molar-refractivity contribution is 6.12. The van der Waals surface area contributed by atoms with Crippen LogP contribution in [0, 0.1) is 0 Å². The lowest BCUT2D eigenvalue weighted by Gasteiger charge is -2.18. The molecule has 0 aliphatic carbocycles. The molecule has 1 aliphatic rings. The van der Waals surface area contributed by atoms with Gasteiger partial charge in [-0.25, -0.2) is 0 Å². The van der Waals surface area contributed by atoms with E-state index in [-0.39, 0.29) is 37.0 Å². The molecular weight excluding hydrogens is 634 g/mol. The largest absolute Gasteiger partial charge is 0.462 e. The minimum atomic E-state index is -0.652. The third kappa shape index (κ3) is 27.5. The second-order valence-corrected chi connectivity index (χ2v) is 13.9. The van der Waals surface area contributed by atoms with Gasteiger partial charge in [0.05, 0.1) is 19.8 Å². The van der Waals surface area contributed by atoms with Crippen LogP contribution in [0.1, 0.15) is 181 Å². The molecule has 0 saturated heterocycles. The summed E-state index contributed by atoms with van der Waals surface area (Å²) in [6.07, 6.45) is 30.9. The zero-order chi connectivity index (χ0) is 36.3. The summed E-state index contributed by atoms with van der Waals surface area (Å²) in [7, 11) is 0. The zero-order valence-electron chi connectivity index (χ0n) is 32.1. The molecule has 1 atom stereocenters. The maximum atomic E-state index is 12.6. The van der Waals surface area contributed by atoms with Crippen LogP contribution in [0.5, 0.6) is 0 Å². The first kappa shape index (κ1) is 45.8. The number of unbranched alkanes of at least 4 members (excludes halogenated alkanes) is 21. The Hall–Kier alpha value is -2.26. The molecule has 0 radical (unpaired) electrons. The minimum absolute atomic E-state index is 0.00941. The number of hydrogen-bond acceptors (Lipinski definition) is 8. The number of carbonyl (C=O) groups is 4. The molecule has 0 aromatic rings. The predicted octanol–water partition coefficient (Wildman–Crippen LogP) is 9.58. The van der Waals surface area contributed by atoms with E-state index in [0.29, 0.717) is 52.0 Å². The van der Waals surface area contributed by atoms with Crippen molar-refractivity contribution < 1.29 is 38.1 Å². The molecule has 1 unspecified atom stereocenters. The Bertz CT molecular complexity index is 874. The van der Waals surface area contributed by atoms with Crippen molar-refractivity contribution in [3.63, 3.8) is 0 Å². The first-order chi connectivity index (χ1) is 24.5. The first-order valence-corrected chi connectivity index (χ1v) is 20.5. The summed E-state index contributed by atoms with van der Waals surface area (Å²) in [6.45, 7) is 6.16. The van der Waals surface area contributed by atoms with Crippen molar-refractivity contribution >= 4 is 23.8 Å². The minimum Gasteiger partial charge on any atom is -0.462 e. The van der Waals surface area contributed by atoms with E-state index >= 15 is 0 Å². The quantitative estimate of drug-likeness (QED) is 0.0357. The Morgan fingerprint density at radius 1 is 0.520 bits per heavy atom. The number of rotatable bonds is 37. The van der Waals surface area contributed by atoms with E-state index < -0.39 is 6.10 Å². The summed E-state index contributed by atoms with van der Waals surface area (Å²) < 4.78 is 22.5. The van der Waals surface area contributed by atoms with Crippen molar-refractivity contribution in [3.8, 4) is 0 Å². The molecule has 1 heterocycles. The van der Waals surface area contributed by atoms with Crippen LogP contribution in [0.3, 0.4) is 0 Å². The maximum absolute atomic E-state index is 12.6. The molecule has 9 heteroatoms. The van der Waals surface area contributed by atoms with Crippen LogP contribution >= 0.6 is 0 Å². The summed E-state index contributed by atoms with van der Waals surface area (Å²) in [5, 5.41) is 0. The van der Waals surface area contributed by atoms with E-state index in [1.807, 2.05) is 0 Å². The predicted molar refractivity (Wildman–Crippen MR) is 200 cm³/mol. The summed E-state index contributed by atoms with van der Waals surface area (Å²) in [4.78, 5) is 49.5. The topological polar surface area (TPSA) is 108 Å². The summed E-state index contributed by atoms with van der Waals surface area (Å²) in [5.41, 5.74) is 0. The maximum Gasteiger partial charge on any atom is 0.306 e. The van der Waals surface area contributed by atoms with E-state index in [9.17, 15) is 19.2 Å². The number of imide groups is 1. The molecule has 2 amide bonds. The van der Waals surface area contributed by atoms with Gasteiger partial charge in [-0.3, -0.25) is 24.1 Å². The van der Waals surface area contributed by atoms with Crippen LogP contribution in [-0.2, 0) is 38.1 Å². The lowest BCUT2D eigenvalue weighted by Crippen LogP contribution is -2.31. The number of ether oxygens (including phenoxy) is 4. The van der Waals surface area contributed by atoms with E-state index in [1.54, 1.807) is 0 Å². The molecule has 0 saturated carbocycles. The van der Waals surface area contributed by atoms with Gasteiger partial charge in [0.15, 0.2) is 6.10 Å². The Morgan fingerprint density at radius 2 is 0.960 bits per heavy atom. The third-order valence-corrected chi connectivity index (χ3v) is 9.19. The molecule has 0 aromatic heterocycles. The Morgan fingerprint density at radius 3 is 1.46 bits per heavy atom. The number of esters is 2. The van der Waals surface area contributed by atoms with Gasteiger partial charge < -0.3 is 18.9 Å². The van der Waals surface area contributed by atoms with Gasteiger partial charge in [-0.05, 0) is 25.7 Å². The van der Waals surface area contributed by atoms with Gasteiger partial charge in [0, 0.05) is 38.1 Å². The van der Waals surface area contributed by atoms with Crippen molar-refractivity contribution in [2.75, 3.05) is 39.6 Å². The van der Waals surface area contributed by atoms with Gasteiger partial charge in [0.25, 0.3) is 11.8 Å². The van der Waals surface area contributed by atoms with Crippen LogP contribution < -0.4 is 0 Å². The number of hydrogen-bond donors (Lipinski definition) is 0. The molecule has 0 bridgehead atoms. The lowest BCUT2D eigenvalue weighted by atomic mass is 10.1.